The molecule has 0 radical (unpaired) electrons. The van der Waals surface area contributed by atoms with Crippen LogP contribution in [0.2, 0.25) is 0 Å². The fourth-order valence-corrected chi connectivity index (χ4v) is 2.40. The van der Waals surface area contributed by atoms with Gasteiger partial charge in [0, 0.05) is 11.6 Å². The molecule has 4 heteroatoms. The number of benzene rings is 1. The maximum Gasteiger partial charge on any atom is 0.164 e. The van der Waals surface area contributed by atoms with Crippen molar-refractivity contribution in [2.24, 2.45) is 0 Å². The molecule has 2 aromatic rings. The summed E-state index contributed by atoms with van der Waals surface area (Å²) >= 11 is 5.93. The van der Waals surface area contributed by atoms with E-state index in [9.17, 15) is 0 Å². The van der Waals surface area contributed by atoms with Gasteiger partial charge in [0.25, 0.3) is 0 Å². The summed E-state index contributed by atoms with van der Waals surface area (Å²) in [6.07, 6.45) is 3.48. The van der Waals surface area contributed by atoms with Crippen LogP contribution in [0, 0.1) is 0 Å². The van der Waals surface area contributed by atoms with Crippen LogP contribution in [0.5, 0.6) is 0 Å². The molecule has 1 aromatic carbocycles. The zero-order valence-corrected chi connectivity index (χ0v) is 11.2. The van der Waals surface area contributed by atoms with Crippen molar-refractivity contribution >= 4 is 11.6 Å². The summed E-state index contributed by atoms with van der Waals surface area (Å²) in [4.78, 5) is 0. The van der Waals surface area contributed by atoms with Gasteiger partial charge in [0.05, 0.1) is 5.88 Å². The summed E-state index contributed by atoms with van der Waals surface area (Å²) in [5.41, 5.74) is 2.47. The molecule has 0 N–H and O–H groups in total. The second-order valence-electron chi connectivity index (χ2n) is 4.73. The first-order valence-corrected chi connectivity index (χ1v) is 6.96. The van der Waals surface area contributed by atoms with Crippen molar-refractivity contribution in [2.45, 2.75) is 38.1 Å². The molecule has 1 heterocycles. The molecule has 3 nitrogen and oxygen atoms in total. The Balaban J connectivity index is 2.02. The predicted octanol–water partition coefficient (Wildman–Crippen LogP) is 3.58. The van der Waals surface area contributed by atoms with E-state index in [4.69, 9.17) is 11.6 Å². The number of nitrogens with zero attached hydrogens (tertiary/aromatic N) is 3. The fourth-order valence-electron chi connectivity index (χ4n) is 2.22. The molecule has 3 rings (SSSR count). The van der Waals surface area contributed by atoms with Crippen molar-refractivity contribution in [2.75, 3.05) is 0 Å². The largest absolute Gasteiger partial charge is 0.307 e. The standard InChI is InChI=1S/C14H16ClN3/c1-2-10-3-5-11(6-4-10)14-17-16-13(9-15)18(14)12-7-8-12/h3-6,12H,2,7-9H2,1H3. The van der Waals surface area contributed by atoms with Crippen LogP contribution in [0.1, 0.15) is 37.2 Å². The third-order valence-electron chi connectivity index (χ3n) is 3.42. The molecule has 1 aliphatic rings. The van der Waals surface area contributed by atoms with E-state index in [0.717, 1.165) is 23.6 Å². The van der Waals surface area contributed by atoms with Crippen molar-refractivity contribution in [3.8, 4) is 11.4 Å². The van der Waals surface area contributed by atoms with Crippen LogP contribution < -0.4 is 0 Å². The van der Waals surface area contributed by atoms with E-state index in [1.165, 1.54) is 18.4 Å². The average Bonchev–Trinajstić information content (AvgIpc) is 3.18. The summed E-state index contributed by atoms with van der Waals surface area (Å²) in [6, 6.07) is 9.11. The molecule has 0 spiro atoms. The second-order valence-corrected chi connectivity index (χ2v) is 4.99. The highest BCUT2D eigenvalue weighted by Gasteiger charge is 2.29. The fraction of sp³-hybridized carbons (Fsp3) is 0.429. The molecular formula is C14H16ClN3. The maximum absolute atomic E-state index is 5.93. The number of halogens is 1. The zero-order chi connectivity index (χ0) is 12.5. The van der Waals surface area contributed by atoms with Gasteiger partial charge in [-0.25, -0.2) is 0 Å². The van der Waals surface area contributed by atoms with Gasteiger partial charge in [0.2, 0.25) is 0 Å². The van der Waals surface area contributed by atoms with E-state index in [1.54, 1.807) is 0 Å². The first-order chi connectivity index (χ1) is 8.83. The minimum atomic E-state index is 0.427. The van der Waals surface area contributed by atoms with Gasteiger partial charge in [-0.05, 0) is 24.8 Å². The van der Waals surface area contributed by atoms with E-state index in [0.29, 0.717) is 11.9 Å². The van der Waals surface area contributed by atoms with Crippen LogP contribution in [-0.2, 0) is 12.3 Å². The molecule has 1 aliphatic carbocycles. The lowest BCUT2D eigenvalue weighted by Crippen LogP contribution is -2.01. The van der Waals surface area contributed by atoms with Crippen LogP contribution in [-0.4, -0.2) is 14.8 Å². The van der Waals surface area contributed by atoms with Crippen LogP contribution in [0.3, 0.4) is 0 Å². The van der Waals surface area contributed by atoms with Gasteiger partial charge < -0.3 is 4.57 Å². The summed E-state index contributed by atoms with van der Waals surface area (Å²) in [6.45, 7) is 2.16. The summed E-state index contributed by atoms with van der Waals surface area (Å²) < 4.78 is 2.20. The Morgan fingerprint density at radius 1 is 1.22 bits per heavy atom. The normalized spacial score (nSPS) is 15.0. The number of hydrogen-bond donors (Lipinski definition) is 0. The third-order valence-corrected chi connectivity index (χ3v) is 3.66. The van der Waals surface area contributed by atoms with Crippen molar-refractivity contribution in [1.29, 1.82) is 0 Å². The van der Waals surface area contributed by atoms with Crippen LogP contribution in [0.25, 0.3) is 11.4 Å². The molecule has 1 fully saturated rings. The number of alkyl halides is 1. The zero-order valence-electron chi connectivity index (χ0n) is 10.4. The molecular weight excluding hydrogens is 246 g/mol. The third kappa shape index (κ3) is 2.03. The Morgan fingerprint density at radius 2 is 1.94 bits per heavy atom. The number of aromatic nitrogens is 3. The number of hydrogen-bond acceptors (Lipinski definition) is 2. The number of rotatable bonds is 4. The molecule has 1 saturated carbocycles. The minimum Gasteiger partial charge on any atom is -0.307 e. The lowest BCUT2D eigenvalue weighted by Gasteiger charge is -2.08. The highest BCUT2D eigenvalue weighted by Crippen LogP contribution is 2.39. The Morgan fingerprint density at radius 3 is 2.50 bits per heavy atom. The van der Waals surface area contributed by atoms with Gasteiger partial charge in [-0.1, -0.05) is 31.2 Å². The highest BCUT2D eigenvalue weighted by molar-refractivity contribution is 6.16. The molecule has 94 valence electrons. The van der Waals surface area contributed by atoms with Crippen molar-refractivity contribution in [1.82, 2.24) is 14.8 Å². The van der Waals surface area contributed by atoms with Gasteiger partial charge >= 0.3 is 0 Å². The smallest absolute Gasteiger partial charge is 0.164 e. The Bertz CT molecular complexity index is 541. The van der Waals surface area contributed by atoms with Crippen molar-refractivity contribution in [3.05, 3.63) is 35.7 Å². The van der Waals surface area contributed by atoms with E-state index in [2.05, 4.69) is 46.0 Å². The molecule has 0 bridgehead atoms. The Kier molecular flexibility index (Phi) is 3.08. The van der Waals surface area contributed by atoms with Crippen LogP contribution in [0.15, 0.2) is 24.3 Å². The van der Waals surface area contributed by atoms with Crippen molar-refractivity contribution in [3.63, 3.8) is 0 Å². The van der Waals surface area contributed by atoms with E-state index in [-0.39, 0.29) is 0 Å². The maximum atomic E-state index is 5.93. The van der Waals surface area contributed by atoms with Gasteiger partial charge in [0.1, 0.15) is 5.82 Å². The molecule has 1 aromatic heterocycles. The summed E-state index contributed by atoms with van der Waals surface area (Å²) in [5.74, 6) is 2.26. The first-order valence-electron chi connectivity index (χ1n) is 6.42. The summed E-state index contributed by atoms with van der Waals surface area (Å²) in [7, 11) is 0. The van der Waals surface area contributed by atoms with Crippen LogP contribution >= 0.6 is 11.6 Å². The second kappa shape index (κ2) is 4.73. The SMILES string of the molecule is CCc1ccc(-c2nnc(CCl)n2C2CC2)cc1. The molecule has 0 unspecified atom stereocenters. The number of aryl methyl sites for hydroxylation is 1. The van der Waals surface area contributed by atoms with Crippen LogP contribution in [0.4, 0.5) is 0 Å². The molecule has 0 atom stereocenters. The van der Waals surface area contributed by atoms with E-state index < -0.39 is 0 Å². The lowest BCUT2D eigenvalue weighted by atomic mass is 10.1. The molecule has 0 saturated heterocycles. The first kappa shape index (κ1) is 11.7. The molecule has 0 amide bonds. The summed E-state index contributed by atoms with van der Waals surface area (Å²) in [5, 5.41) is 8.50. The average molecular weight is 262 g/mol. The van der Waals surface area contributed by atoms with Gasteiger partial charge in [-0.15, -0.1) is 21.8 Å². The Hall–Kier alpha value is -1.35. The van der Waals surface area contributed by atoms with Gasteiger partial charge in [0.15, 0.2) is 5.82 Å². The van der Waals surface area contributed by atoms with E-state index in [1.807, 2.05) is 0 Å². The van der Waals surface area contributed by atoms with Gasteiger partial charge in [-0.2, -0.15) is 0 Å². The predicted molar refractivity (Wildman–Crippen MR) is 72.7 cm³/mol. The highest BCUT2D eigenvalue weighted by atomic mass is 35.5. The quantitative estimate of drug-likeness (QED) is 0.788. The minimum absolute atomic E-state index is 0.427. The Labute approximate surface area is 112 Å². The molecule has 18 heavy (non-hydrogen) atoms. The topological polar surface area (TPSA) is 30.7 Å². The van der Waals surface area contributed by atoms with Crippen molar-refractivity contribution < 1.29 is 0 Å². The van der Waals surface area contributed by atoms with Gasteiger partial charge in [-0.3, -0.25) is 0 Å². The molecule has 0 aliphatic heterocycles. The van der Waals surface area contributed by atoms with E-state index >= 15 is 0 Å². The lowest BCUT2D eigenvalue weighted by molar-refractivity contribution is 0.712. The monoisotopic (exact) mass is 261 g/mol.